The first kappa shape index (κ1) is 16.8. The summed E-state index contributed by atoms with van der Waals surface area (Å²) in [4.78, 5) is 21.1. The molecular weight excluding hydrogens is 240 g/mol. The molecule has 0 fully saturated rings. The van der Waals surface area contributed by atoms with E-state index in [1.165, 1.54) is 14.0 Å². The zero-order valence-electron chi connectivity index (χ0n) is 11.3. The second-order valence-corrected chi connectivity index (χ2v) is 4.00. The Morgan fingerprint density at radius 1 is 1.39 bits per heavy atom. The average molecular weight is 262 g/mol. The van der Waals surface area contributed by atoms with Crippen LogP contribution in [0.15, 0.2) is 0 Å². The van der Waals surface area contributed by atoms with Crippen LogP contribution in [0.25, 0.3) is 0 Å². The molecule has 0 aromatic rings. The molecular formula is C11H22N2O5. The van der Waals surface area contributed by atoms with E-state index in [1.54, 1.807) is 0 Å². The van der Waals surface area contributed by atoms with Gasteiger partial charge in [0.25, 0.3) is 0 Å². The molecule has 2 atom stereocenters. The molecule has 106 valence electrons. The number of hydrogen-bond acceptors (Lipinski definition) is 5. The fraction of sp³-hybridized carbons (Fsp3) is 0.909. The Kier molecular flexibility index (Phi) is 8.23. The highest BCUT2D eigenvalue weighted by atomic mass is 16.7. The van der Waals surface area contributed by atoms with Crippen LogP contribution in [0.1, 0.15) is 33.6 Å². The van der Waals surface area contributed by atoms with Crippen molar-refractivity contribution in [2.75, 3.05) is 13.7 Å². The minimum Gasteiger partial charge on any atom is -0.353 e. The van der Waals surface area contributed by atoms with Gasteiger partial charge in [-0.15, -0.1) is 0 Å². The molecule has 0 unspecified atom stereocenters. The number of rotatable bonds is 9. The lowest BCUT2D eigenvalue weighted by Crippen LogP contribution is -2.49. The number of nitrogens with one attached hydrogen (secondary N) is 1. The lowest BCUT2D eigenvalue weighted by atomic mass is 10.2. The fourth-order valence-corrected chi connectivity index (χ4v) is 1.61. The van der Waals surface area contributed by atoms with E-state index in [0.29, 0.717) is 0 Å². The van der Waals surface area contributed by atoms with Crippen LogP contribution in [-0.2, 0) is 14.3 Å². The SMILES string of the molecule is CCC(CC)O[C@H](OC)[C@@H](C[N+](=O)[O-])NC(C)=O. The topological polar surface area (TPSA) is 90.7 Å². The van der Waals surface area contributed by atoms with Gasteiger partial charge in [0.15, 0.2) is 6.29 Å². The Morgan fingerprint density at radius 2 is 1.94 bits per heavy atom. The highest BCUT2D eigenvalue weighted by Crippen LogP contribution is 2.11. The van der Waals surface area contributed by atoms with Crippen LogP contribution in [0.5, 0.6) is 0 Å². The Hall–Kier alpha value is -1.21. The Labute approximate surface area is 107 Å². The molecule has 0 spiro atoms. The number of hydrogen-bond donors (Lipinski definition) is 1. The molecule has 0 aliphatic rings. The molecule has 7 heteroatoms. The summed E-state index contributed by atoms with van der Waals surface area (Å²) in [7, 11) is 1.40. The fourth-order valence-electron chi connectivity index (χ4n) is 1.61. The molecule has 0 aromatic carbocycles. The van der Waals surface area contributed by atoms with Gasteiger partial charge in [-0.2, -0.15) is 0 Å². The molecule has 0 aliphatic carbocycles. The number of nitrogens with zero attached hydrogens (tertiary/aromatic N) is 1. The molecule has 1 N–H and O–H groups in total. The van der Waals surface area contributed by atoms with E-state index >= 15 is 0 Å². The Morgan fingerprint density at radius 3 is 2.28 bits per heavy atom. The standard InChI is InChI=1S/C11H22N2O5/c1-5-9(6-2)18-11(17-4)10(7-13(15)16)12-8(3)14/h9-11H,5-7H2,1-4H3,(H,12,14)/t10-,11+/m1/s1. The first-order valence-corrected chi connectivity index (χ1v) is 6.01. The predicted molar refractivity (Wildman–Crippen MR) is 65.7 cm³/mol. The number of ether oxygens (including phenoxy) is 2. The molecule has 18 heavy (non-hydrogen) atoms. The third-order valence-corrected chi connectivity index (χ3v) is 2.53. The smallest absolute Gasteiger partial charge is 0.228 e. The summed E-state index contributed by atoms with van der Waals surface area (Å²) in [6.07, 6.45) is 0.700. The zero-order valence-corrected chi connectivity index (χ0v) is 11.3. The van der Waals surface area contributed by atoms with Gasteiger partial charge in [0, 0.05) is 19.0 Å². The predicted octanol–water partition coefficient (Wildman–Crippen LogP) is 0.945. The summed E-state index contributed by atoms with van der Waals surface area (Å²) in [5, 5.41) is 13.1. The third-order valence-electron chi connectivity index (χ3n) is 2.53. The van der Waals surface area contributed by atoms with Gasteiger partial charge >= 0.3 is 0 Å². The lowest BCUT2D eigenvalue weighted by molar-refractivity contribution is -0.488. The van der Waals surface area contributed by atoms with Crippen molar-refractivity contribution in [1.82, 2.24) is 5.32 Å². The van der Waals surface area contributed by atoms with Crippen LogP contribution in [0.3, 0.4) is 0 Å². The number of nitro groups is 1. The van der Waals surface area contributed by atoms with Crippen molar-refractivity contribution in [2.24, 2.45) is 0 Å². The summed E-state index contributed by atoms with van der Waals surface area (Å²) in [6.45, 7) is 4.79. The Bertz CT molecular complexity index is 252. The first-order chi connectivity index (χ1) is 8.44. The molecule has 0 aliphatic heterocycles. The molecule has 0 rings (SSSR count). The van der Waals surface area contributed by atoms with Crippen LogP contribution >= 0.6 is 0 Å². The van der Waals surface area contributed by atoms with Crippen LogP contribution in [0.2, 0.25) is 0 Å². The van der Waals surface area contributed by atoms with Crippen LogP contribution in [0, 0.1) is 10.1 Å². The van der Waals surface area contributed by atoms with Crippen LogP contribution in [0.4, 0.5) is 0 Å². The van der Waals surface area contributed by atoms with Gasteiger partial charge < -0.3 is 14.8 Å². The maximum absolute atomic E-state index is 11.0. The van der Waals surface area contributed by atoms with Crippen molar-refractivity contribution in [1.29, 1.82) is 0 Å². The highest BCUT2D eigenvalue weighted by Gasteiger charge is 2.29. The van der Waals surface area contributed by atoms with Crippen LogP contribution in [-0.4, -0.2) is 42.9 Å². The largest absolute Gasteiger partial charge is 0.353 e. The quantitative estimate of drug-likeness (QED) is 0.379. The molecule has 7 nitrogen and oxygen atoms in total. The van der Waals surface area contributed by atoms with Gasteiger partial charge in [-0.05, 0) is 12.8 Å². The monoisotopic (exact) mass is 262 g/mol. The third kappa shape index (κ3) is 6.51. The van der Waals surface area contributed by atoms with Crippen molar-refractivity contribution in [3.05, 3.63) is 10.1 Å². The van der Waals surface area contributed by atoms with E-state index in [2.05, 4.69) is 5.32 Å². The number of methoxy groups -OCH3 is 1. The summed E-state index contributed by atoms with van der Waals surface area (Å²) in [6, 6.07) is -0.789. The van der Waals surface area contributed by atoms with Crippen molar-refractivity contribution in [3.8, 4) is 0 Å². The summed E-state index contributed by atoms with van der Waals surface area (Å²) < 4.78 is 10.7. The molecule has 0 aromatic heterocycles. The van der Waals surface area contributed by atoms with Gasteiger partial charge in [0.2, 0.25) is 12.5 Å². The van der Waals surface area contributed by atoms with Crippen molar-refractivity contribution >= 4 is 5.91 Å². The second-order valence-electron chi connectivity index (χ2n) is 4.00. The zero-order chi connectivity index (χ0) is 14.1. The molecule has 0 radical (unpaired) electrons. The first-order valence-electron chi connectivity index (χ1n) is 6.01. The van der Waals surface area contributed by atoms with E-state index in [9.17, 15) is 14.9 Å². The number of amides is 1. The average Bonchev–Trinajstić information content (AvgIpc) is 2.28. The van der Waals surface area contributed by atoms with Crippen molar-refractivity contribution in [3.63, 3.8) is 0 Å². The minimum atomic E-state index is -0.816. The summed E-state index contributed by atoms with van der Waals surface area (Å²) in [5.41, 5.74) is 0. The molecule has 0 saturated heterocycles. The highest BCUT2D eigenvalue weighted by molar-refractivity contribution is 5.73. The maximum Gasteiger partial charge on any atom is 0.228 e. The van der Waals surface area contributed by atoms with E-state index in [-0.39, 0.29) is 12.0 Å². The van der Waals surface area contributed by atoms with Crippen LogP contribution < -0.4 is 5.32 Å². The molecule has 0 heterocycles. The maximum atomic E-state index is 11.0. The number of carbonyl (C=O) groups excluding carboxylic acids is 1. The van der Waals surface area contributed by atoms with E-state index < -0.39 is 23.8 Å². The summed E-state index contributed by atoms with van der Waals surface area (Å²) in [5.74, 6) is -0.350. The van der Waals surface area contributed by atoms with E-state index in [1.807, 2.05) is 13.8 Å². The Balaban J connectivity index is 4.67. The summed E-state index contributed by atoms with van der Waals surface area (Å²) >= 11 is 0. The second kappa shape index (κ2) is 8.82. The molecule has 0 bridgehead atoms. The lowest BCUT2D eigenvalue weighted by Gasteiger charge is -2.27. The van der Waals surface area contributed by atoms with Gasteiger partial charge in [-0.1, -0.05) is 13.8 Å². The minimum absolute atomic E-state index is 0.0436. The van der Waals surface area contributed by atoms with Gasteiger partial charge in [-0.25, -0.2) is 0 Å². The normalized spacial score (nSPS) is 14.3. The van der Waals surface area contributed by atoms with Gasteiger partial charge in [0.05, 0.1) is 6.10 Å². The van der Waals surface area contributed by atoms with Crippen molar-refractivity contribution in [2.45, 2.75) is 52.0 Å². The number of carbonyl (C=O) groups is 1. The van der Waals surface area contributed by atoms with E-state index in [0.717, 1.165) is 12.8 Å². The molecule has 0 saturated carbocycles. The van der Waals surface area contributed by atoms with E-state index in [4.69, 9.17) is 9.47 Å². The van der Waals surface area contributed by atoms with Gasteiger partial charge in [-0.3, -0.25) is 14.9 Å². The van der Waals surface area contributed by atoms with Gasteiger partial charge in [0.1, 0.15) is 6.04 Å². The molecule has 1 amide bonds. The van der Waals surface area contributed by atoms with Crippen molar-refractivity contribution < 1.29 is 19.2 Å².